The molecule has 2 aromatic rings. The lowest BCUT2D eigenvalue weighted by Gasteiger charge is -2.17. The molecule has 5 nitrogen and oxygen atoms in total. The highest BCUT2D eigenvalue weighted by molar-refractivity contribution is 6.35. The summed E-state index contributed by atoms with van der Waals surface area (Å²) in [6.07, 6.45) is 2.94. The molecular formula is C17H17Cl2N3O2. The van der Waals surface area contributed by atoms with Gasteiger partial charge in [-0.1, -0.05) is 29.3 Å². The number of likely N-dealkylation sites (tertiary alicyclic amines) is 1. The van der Waals surface area contributed by atoms with E-state index >= 15 is 0 Å². The number of halogens is 2. The minimum Gasteiger partial charge on any atom is -0.445 e. The molecule has 24 heavy (non-hydrogen) atoms. The highest BCUT2D eigenvalue weighted by Crippen LogP contribution is 2.33. The Balaban J connectivity index is 1.63. The van der Waals surface area contributed by atoms with Crippen molar-refractivity contribution in [1.29, 1.82) is 0 Å². The maximum absolute atomic E-state index is 12.3. The maximum atomic E-state index is 12.3. The average molecular weight is 366 g/mol. The molecule has 1 aliphatic heterocycles. The van der Waals surface area contributed by atoms with E-state index in [1.165, 1.54) is 0 Å². The zero-order chi connectivity index (χ0) is 17.1. The van der Waals surface area contributed by atoms with Gasteiger partial charge < -0.3 is 15.4 Å². The predicted octanol–water partition coefficient (Wildman–Crippen LogP) is 3.45. The van der Waals surface area contributed by atoms with E-state index in [9.17, 15) is 4.79 Å². The smallest absolute Gasteiger partial charge is 0.410 e. The van der Waals surface area contributed by atoms with E-state index in [0.29, 0.717) is 23.1 Å². The molecule has 0 saturated carbocycles. The Morgan fingerprint density at radius 3 is 2.71 bits per heavy atom. The third-order valence-corrected chi connectivity index (χ3v) is 4.66. The van der Waals surface area contributed by atoms with Crippen LogP contribution in [0.5, 0.6) is 0 Å². The fraction of sp³-hybridized carbons (Fsp3) is 0.294. The number of amides is 1. The molecule has 1 aromatic heterocycles. The van der Waals surface area contributed by atoms with E-state index < -0.39 is 0 Å². The van der Waals surface area contributed by atoms with Gasteiger partial charge in [0, 0.05) is 47.5 Å². The molecular weight excluding hydrogens is 349 g/mol. The van der Waals surface area contributed by atoms with Crippen LogP contribution in [-0.2, 0) is 11.3 Å². The van der Waals surface area contributed by atoms with Gasteiger partial charge in [0.05, 0.1) is 0 Å². The zero-order valence-electron chi connectivity index (χ0n) is 12.9. The molecule has 1 aromatic carbocycles. The van der Waals surface area contributed by atoms with Crippen molar-refractivity contribution in [3.63, 3.8) is 0 Å². The summed E-state index contributed by atoms with van der Waals surface area (Å²) in [5.74, 6) is -0.0387. The SMILES string of the molecule is NC1CN(C(=O)OCc2ccncc2)CC1c1ccc(Cl)cc1Cl. The van der Waals surface area contributed by atoms with Gasteiger partial charge in [0.15, 0.2) is 0 Å². The number of aromatic nitrogens is 1. The van der Waals surface area contributed by atoms with Gasteiger partial charge >= 0.3 is 6.09 Å². The van der Waals surface area contributed by atoms with Crippen LogP contribution in [0.1, 0.15) is 17.0 Å². The van der Waals surface area contributed by atoms with Crippen molar-refractivity contribution in [2.24, 2.45) is 5.73 Å². The minimum atomic E-state index is -0.380. The van der Waals surface area contributed by atoms with E-state index in [2.05, 4.69) is 4.98 Å². The number of rotatable bonds is 3. The highest BCUT2D eigenvalue weighted by atomic mass is 35.5. The van der Waals surface area contributed by atoms with E-state index in [4.69, 9.17) is 33.7 Å². The molecule has 2 heterocycles. The Kier molecular flexibility index (Phi) is 5.23. The molecule has 2 atom stereocenters. The van der Waals surface area contributed by atoms with Crippen molar-refractivity contribution >= 4 is 29.3 Å². The van der Waals surface area contributed by atoms with Gasteiger partial charge in [0.25, 0.3) is 0 Å². The van der Waals surface area contributed by atoms with Crippen molar-refractivity contribution in [1.82, 2.24) is 9.88 Å². The minimum absolute atomic E-state index is 0.0387. The summed E-state index contributed by atoms with van der Waals surface area (Å²) in [6.45, 7) is 1.11. The van der Waals surface area contributed by atoms with Crippen molar-refractivity contribution in [3.8, 4) is 0 Å². The van der Waals surface area contributed by atoms with Crippen molar-refractivity contribution in [2.75, 3.05) is 13.1 Å². The highest BCUT2D eigenvalue weighted by Gasteiger charge is 2.35. The van der Waals surface area contributed by atoms with Crippen LogP contribution in [0, 0.1) is 0 Å². The van der Waals surface area contributed by atoms with Crippen molar-refractivity contribution in [3.05, 3.63) is 63.9 Å². The Labute approximate surface area is 150 Å². The largest absolute Gasteiger partial charge is 0.445 e. The number of nitrogens with zero attached hydrogens (tertiary/aromatic N) is 2. The van der Waals surface area contributed by atoms with Crippen molar-refractivity contribution < 1.29 is 9.53 Å². The predicted molar refractivity (Wildman–Crippen MR) is 93.2 cm³/mol. The van der Waals surface area contributed by atoms with Gasteiger partial charge in [0.1, 0.15) is 6.61 Å². The van der Waals surface area contributed by atoms with Crippen LogP contribution in [0.3, 0.4) is 0 Å². The molecule has 3 rings (SSSR count). The molecule has 0 aliphatic carbocycles. The van der Waals surface area contributed by atoms with E-state index in [-0.39, 0.29) is 24.7 Å². The monoisotopic (exact) mass is 365 g/mol. The van der Waals surface area contributed by atoms with E-state index in [0.717, 1.165) is 11.1 Å². The molecule has 2 N–H and O–H groups in total. The van der Waals surface area contributed by atoms with Crippen LogP contribution < -0.4 is 5.73 Å². The fourth-order valence-corrected chi connectivity index (χ4v) is 3.37. The van der Waals surface area contributed by atoms with Gasteiger partial charge in [-0.15, -0.1) is 0 Å². The van der Waals surface area contributed by atoms with Crippen LogP contribution in [0.2, 0.25) is 10.0 Å². The topological polar surface area (TPSA) is 68.5 Å². The zero-order valence-corrected chi connectivity index (χ0v) is 14.4. The quantitative estimate of drug-likeness (QED) is 0.904. The first-order valence-corrected chi connectivity index (χ1v) is 8.31. The lowest BCUT2D eigenvalue weighted by atomic mass is 9.95. The van der Waals surface area contributed by atoms with Crippen LogP contribution in [-0.4, -0.2) is 35.1 Å². The number of hydrogen-bond acceptors (Lipinski definition) is 4. The maximum Gasteiger partial charge on any atom is 0.410 e. The van der Waals surface area contributed by atoms with E-state index in [1.807, 2.05) is 6.07 Å². The average Bonchev–Trinajstić information content (AvgIpc) is 2.95. The number of ether oxygens (including phenoxy) is 1. The van der Waals surface area contributed by atoms with Gasteiger partial charge in [-0.3, -0.25) is 4.98 Å². The third-order valence-electron chi connectivity index (χ3n) is 4.10. The Hall–Kier alpha value is -1.82. The first-order valence-electron chi connectivity index (χ1n) is 7.55. The normalized spacial score (nSPS) is 20.2. The third kappa shape index (κ3) is 3.80. The van der Waals surface area contributed by atoms with Crippen LogP contribution in [0.15, 0.2) is 42.7 Å². The molecule has 0 bridgehead atoms. The summed E-state index contributed by atoms with van der Waals surface area (Å²) in [5, 5.41) is 1.14. The fourth-order valence-electron chi connectivity index (χ4n) is 2.82. The summed E-state index contributed by atoms with van der Waals surface area (Å²) in [5.41, 5.74) is 7.99. The van der Waals surface area contributed by atoms with Crippen molar-refractivity contribution in [2.45, 2.75) is 18.6 Å². The molecule has 1 fully saturated rings. The number of nitrogens with two attached hydrogens (primary N) is 1. The van der Waals surface area contributed by atoms with E-state index in [1.54, 1.807) is 41.6 Å². The van der Waals surface area contributed by atoms with Gasteiger partial charge in [-0.05, 0) is 35.4 Å². The number of carbonyl (C=O) groups is 1. The number of carbonyl (C=O) groups excluding carboxylic acids is 1. The molecule has 1 aliphatic rings. The summed E-state index contributed by atoms with van der Waals surface area (Å²) in [7, 11) is 0. The number of pyridine rings is 1. The second-order valence-electron chi connectivity index (χ2n) is 5.75. The van der Waals surface area contributed by atoms with Gasteiger partial charge in [-0.2, -0.15) is 0 Å². The first kappa shape index (κ1) is 17.0. The Morgan fingerprint density at radius 2 is 2.00 bits per heavy atom. The molecule has 7 heteroatoms. The van der Waals surface area contributed by atoms with Gasteiger partial charge in [-0.25, -0.2) is 4.79 Å². The second kappa shape index (κ2) is 7.38. The molecule has 0 radical (unpaired) electrons. The lowest BCUT2D eigenvalue weighted by Crippen LogP contribution is -2.32. The Bertz CT molecular complexity index is 727. The summed E-state index contributed by atoms with van der Waals surface area (Å²) >= 11 is 12.2. The lowest BCUT2D eigenvalue weighted by molar-refractivity contribution is 0.103. The van der Waals surface area contributed by atoms with Crippen LogP contribution >= 0.6 is 23.2 Å². The summed E-state index contributed by atoms with van der Waals surface area (Å²) < 4.78 is 5.34. The molecule has 0 spiro atoms. The number of hydrogen-bond donors (Lipinski definition) is 1. The molecule has 1 amide bonds. The summed E-state index contributed by atoms with van der Waals surface area (Å²) in [6, 6.07) is 8.74. The first-order chi connectivity index (χ1) is 11.5. The number of benzene rings is 1. The van der Waals surface area contributed by atoms with Crippen LogP contribution in [0.25, 0.3) is 0 Å². The Morgan fingerprint density at radius 1 is 1.25 bits per heavy atom. The summed E-state index contributed by atoms with van der Waals surface area (Å²) in [4.78, 5) is 17.8. The van der Waals surface area contributed by atoms with Gasteiger partial charge in [0.2, 0.25) is 0 Å². The molecule has 1 saturated heterocycles. The standard InChI is InChI=1S/C17H17Cl2N3O2/c18-12-1-2-13(15(19)7-12)14-8-22(9-16(14)20)17(23)24-10-11-3-5-21-6-4-11/h1-7,14,16H,8-10,20H2. The van der Waals surface area contributed by atoms with Crippen LogP contribution in [0.4, 0.5) is 4.79 Å². The second-order valence-corrected chi connectivity index (χ2v) is 6.59. The molecule has 2 unspecified atom stereocenters. The molecule has 126 valence electrons.